The van der Waals surface area contributed by atoms with Crippen molar-refractivity contribution in [3.63, 3.8) is 0 Å². The minimum atomic E-state index is -1.98. The third kappa shape index (κ3) is 9.58. The summed E-state index contributed by atoms with van der Waals surface area (Å²) in [4.78, 5) is 4.85. The fraction of sp³-hybridized carbons (Fsp3) is 0.188. The molecule has 10 aromatic rings. The van der Waals surface area contributed by atoms with E-state index in [1.165, 1.54) is 94.9 Å². The Hall–Kier alpha value is -4.99. The molecule has 0 unspecified atom stereocenters. The van der Waals surface area contributed by atoms with Crippen molar-refractivity contribution in [2.45, 2.75) is 69.1 Å². The number of anilines is 6. The van der Waals surface area contributed by atoms with Crippen LogP contribution in [0.25, 0.3) is 54.6 Å². The first-order valence-corrected chi connectivity index (χ1v) is 54.5. The van der Waals surface area contributed by atoms with Crippen molar-refractivity contribution < 1.29 is 0 Å². The summed E-state index contributed by atoms with van der Waals surface area (Å²) in [5, 5.41) is 7.79. The molecule has 0 heterocycles. The first-order valence-electron chi connectivity index (χ1n) is 25.2. The SMILES string of the molecule is [CH3][Ge]([CH3])([CH3])[c]1ccc(N(c2ccc(-c3ccc4ccc5c(-c6ccc(N(c7cc[c]([Ge]([CH3])([CH3])[CH3])cc7)c7cc[c]([Ge]([CH3])([CH3])[CH3])cc7)cc6)ccc6ccc3c4c65)cc2)c2cc[c]([Ge]([CH3])([CH3])[CH3])cc2)cc1. The average Bonchev–Trinajstić information content (AvgIpc) is 3.33. The van der Waals surface area contributed by atoms with E-state index in [1.807, 2.05) is 0 Å². The minimum absolute atomic E-state index is 1.16. The van der Waals surface area contributed by atoms with Gasteiger partial charge in [0.05, 0.1) is 0 Å². The number of hydrogen-bond donors (Lipinski definition) is 0. The topological polar surface area (TPSA) is 6.48 Å². The van der Waals surface area contributed by atoms with Crippen LogP contribution in [0.1, 0.15) is 0 Å². The summed E-state index contributed by atoms with van der Waals surface area (Å²) in [5.41, 5.74) is 12.1. The molecule has 350 valence electrons. The zero-order valence-electron chi connectivity index (χ0n) is 43.4. The predicted octanol–water partition coefficient (Wildman–Crippen LogP) is 17.0. The van der Waals surface area contributed by atoms with Crippen LogP contribution in [-0.2, 0) is 0 Å². The molecule has 0 fully saturated rings. The van der Waals surface area contributed by atoms with E-state index in [-0.39, 0.29) is 0 Å². The molecule has 6 heteroatoms. The number of nitrogens with zero attached hydrogens (tertiary/aromatic N) is 2. The van der Waals surface area contributed by atoms with Gasteiger partial charge < -0.3 is 0 Å². The van der Waals surface area contributed by atoms with E-state index < -0.39 is 53.1 Å². The molecule has 0 saturated carbocycles. The van der Waals surface area contributed by atoms with Crippen molar-refractivity contribution >= 4 is 137 Å². The number of hydrogen-bond acceptors (Lipinski definition) is 2. The summed E-state index contributed by atoms with van der Waals surface area (Å²) in [6.45, 7) is 0. The Balaban J connectivity index is 1.02. The molecule has 0 bridgehead atoms. The van der Waals surface area contributed by atoms with Gasteiger partial charge in [-0.3, -0.25) is 0 Å². The second kappa shape index (κ2) is 18.6. The second-order valence-corrected chi connectivity index (χ2v) is 66.2. The normalized spacial score (nSPS) is 12.6. The van der Waals surface area contributed by atoms with E-state index in [9.17, 15) is 0 Å². The van der Waals surface area contributed by atoms with Gasteiger partial charge in [0.2, 0.25) is 0 Å². The zero-order valence-corrected chi connectivity index (χ0v) is 51.8. The van der Waals surface area contributed by atoms with Gasteiger partial charge in [-0.1, -0.05) is 12.1 Å². The molecule has 0 spiro atoms. The van der Waals surface area contributed by atoms with Crippen LogP contribution in [-0.4, -0.2) is 53.1 Å². The van der Waals surface area contributed by atoms with E-state index in [0.29, 0.717) is 0 Å². The Morgan fingerprint density at radius 3 is 0.671 bits per heavy atom. The van der Waals surface area contributed by atoms with Crippen LogP contribution in [0.4, 0.5) is 34.1 Å². The summed E-state index contributed by atoms with van der Waals surface area (Å²) >= 11 is -7.91. The zero-order chi connectivity index (χ0) is 49.3. The molecule has 0 aliphatic heterocycles. The Labute approximate surface area is 428 Å². The molecule has 2 nitrogen and oxygen atoms in total. The van der Waals surface area contributed by atoms with Gasteiger partial charge in [-0.15, -0.1) is 0 Å². The van der Waals surface area contributed by atoms with Gasteiger partial charge in [-0.2, -0.15) is 0 Å². The first kappa shape index (κ1) is 48.6. The number of rotatable bonds is 12. The summed E-state index contributed by atoms with van der Waals surface area (Å²) in [6, 6.07) is 74.8. The summed E-state index contributed by atoms with van der Waals surface area (Å²) in [7, 11) is 0. The average molecular weight is 1160 g/mol. The molecular weight excluding hydrogens is 1090 g/mol. The molecule has 0 amide bonds. The fourth-order valence-electron chi connectivity index (χ4n) is 10.2. The first-order chi connectivity index (χ1) is 33.2. The molecule has 0 aromatic heterocycles. The van der Waals surface area contributed by atoms with Crippen molar-refractivity contribution in [2.75, 3.05) is 9.80 Å². The summed E-state index contributed by atoms with van der Waals surface area (Å²) in [5.74, 6) is 29.6. The Morgan fingerprint density at radius 2 is 0.443 bits per heavy atom. The fourth-order valence-corrected chi connectivity index (χ4v) is 20.0. The molecular formula is C64H68Ge4N2. The van der Waals surface area contributed by atoms with Crippen molar-refractivity contribution in [3.8, 4) is 22.3 Å². The third-order valence-electron chi connectivity index (χ3n) is 14.5. The van der Waals surface area contributed by atoms with Crippen LogP contribution >= 0.6 is 0 Å². The quantitative estimate of drug-likeness (QED) is 0.0889. The molecule has 70 heavy (non-hydrogen) atoms. The van der Waals surface area contributed by atoms with Gasteiger partial charge in [-0.25, -0.2) is 0 Å². The van der Waals surface area contributed by atoms with Crippen molar-refractivity contribution in [1.29, 1.82) is 0 Å². The standard InChI is InChI=1S/C64H68Ge4N2/c1-65(2,3)49-21-33-55(34-22-49)69(56-35-23-50(24-36-56)66(4,5)6)53-29-13-45(14-30-53)59-41-17-47-20-44-62-60(42-18-48-19-43-61(59)63(47)64(48)62)46-15-31-54(32-16-46)70(57-37-25-51(26-38-57)67(7,8)9)58-39-27-52(28-40-58)68(10,11)12/h13-44H,1-12H3. The molecule has 10 aromatic carbocycles. The van der Waals surface area contributed by atoms with E-state index >= 15 is 0 Å². The van der Waals surface area contributed by atoms with E-state index in [4.69, 9.17) is 0 Å². The van der Waals surface area contributed by atoms with Crippen molar-refractivity contribution in [3.05, 3.63) is 194 Å². The van der Waals surface area contributed by atoms with Crippen LogP contribution in [0.2, 0.25) is 69.1 Å². The molecule has 0 radical (unpaired) electrons. The van der Waals surface area contributed by atoms with Crippen LogP contribution in [0.5, 0.6) is 0 Å². The van der Waals surface area contributed by atoms with Crippen LogP contribution in [0.3, 0.4) is 0 Å². The predicted molar refractivity (Wildman–Crippen MR) is 322 cm³/mol. The molecule has 0 aliphatic rings. The van der Waals surface area contributed by atoms with Crippen molar-refractivity contribution in [2.24, 2.45) is 0 Å². The van der Waals surface area contributed by atoms with Gasteiger partial charge in [0.15, 0.2) is 0 Å². The Bertz CT molecular complexity index is 3110. The summed E-state index contributed by atoms with van der Waals surface area (Å²) in [6.07, 6.45) is 0. The van der Waals surface area contributed by atoms with E-state index in [0.717, 1.165) is 11.4 Å². The Kier molecular flexibility index (Phi) is 12.9. The van der Waals surface area contributed by atoms with Crippen LogP contribution in [0.15, 0.2) is 194 Å². The van der Waals surface area contributed by atoms with E-state index in [1.54, 1.807) is 0 Å². The van der Waals surface area contributed by atoms with Gasteiger partial charge >= 0.3 is 409 Å². The maximum atomic E-state index is 2.47. The molecule has 0 aliphatic carbocycles. The Morgan fingerprint density at radius 1 is 0.229 bits per heavy atom. The van der Waals surface area contributed by atoms with Gasteiger partial charge in [0.25, 0.3) is 0 Å². The monoisotopic (exact) mass is 1160 g/mol. The van der Waals surface area contributed by atoms with Crippen LogP contribution in [0, 0.1) is 0 Å². The molecule has 0 saturated heterocycles. The van der Waals surface area contributed by atoms with Gasteiger partial charge in [-0.05, 0) is 10.8 Å². The van der Waals surface area contributed by atoms with Crippen LogP contribution < -0.4 is 27.4 Å². The van der Waals surface area contributed by atoms with Crippen molar-refractivity contribution in [1.82, 2.24) is 0 Å². The van der Waals surface area contributed by atoms with E-state index in [2.05, 4.69) is 273 Å². The number of benzene rings is 10. The maximum absolute atomic E-state index is 2.47. The second-order valence-electron chi connectivity index (χ2n) is 23.6. The van der Waals surface area contributed by atoms with Gasteiger partial charge in [0, 0.05) is 0 Å². The molecule has 0 N–H and O–H groups in total. The van der Waals surface area contributed by atoms with Gasteiger partial charge in [0.1, 0.15) is 0 Å². The molecule has 0 atom stereocenters. The molecule has 10 rings (SSSR count). The third-order valence-corrected chi connectivity index (χ3v) is 31.8. The summed E-state index contributed by atoms with van der Waals surface area (Å²) < 4.78 is 6.09.